The third-order valence-corrected chi connectivity index (χ3v) is 5.73. The van der Waals surface area contributed by atoms with Crippen LogP contribution >= 0.6 is 15.9 Å². The molecule has 1 saturated heterocycles. The van der Waals surface area contributed by atoms with E-state index >= 15 is 0 Å². The van der Waals surface area contributed by atoms with Crippen LogP contribution in [0.3, 0.4) is 0 Å². The van der Waals surface area contributed by atoms with Crippen molar-refractivity contribution in [2.24, 2.45) is 10.8 Å². The fraction of sp³-hybridized carbons (Fsp3) is 0.318. The van der Waals surface area contributed by atoms with Gasteiger partial charge in [-0.2, -0.15) is 0 Å². The summed E-state index contributed by atoms with van der Waals surface area (Å²) < 4.78 is 6.56. The molecule has 1 aliphatic rings. The van der Waals surface area contributed by atoms with E-state index in [-0.39, 0.29) is 18.0 Å². The first-order valence-electron chi connectivity index (χ1n) is 8.76. The van der Waals surface area contributed by atoms with E-state index in [4.69, 9.17) is 4.74 Å². The van der Waals surface area contributed by atoms with Crippen molar-refractivity contribution < 1.29 is 19.1 Å². The Labute approximate surface area is 167 Å². The molecule has 0 radical (unpaired) electrons. The van der Waals surface area contributed by atoms with Gasteiger partial charge in [0.05, 0.1) is 5.41 Å². The Hall–Kier alpha value is -2.27. The second-order valence-corrected chi connectivity index (χ2v) is 8.60. The van der Waals surface area contributed by atoms with Gasteiger partial charge in [-0.05, 0) is 38.5 Å². The molecule has 1 heterocycles. The zero-order valence-electron chi connectivity index (χ0n) is 15.5. The van der Waals surface area contributed by atoms with Gasteiger partial charge < -0.3 is 4.74 Å². The Kier molecular flexibility index (Phi) is 5.08. The Balaban J connectivity index is 1.90. The highest BCUT2D eigenvalue weighted by molar-refractivity contribution is 9.10. The number of ketones is 2. The molecule has 0 N–H and O–H groups in total. The molecule has 27 heavy (non-hydrogen) atoms. The number of benzene rings is 2. The van der Waals surface area contributed by atoms with Gasteiger partial charge in [0.15, 0.2) is 11.6 Å². The van der Waals surface area contributed by atoms with Gasteiger partial charge in [-0.1, -0.05) is 58.4 Å². The second kappa shape index (κ2) is 7.04. The SMILES string of the molecule is CC1(CC(=O)c2ccc(Br)cc2)C(=O)OC(c2ccccc2)C(C)(C)C1=O. The molecule has 1 aliphatic heterocycles. The van der Waals surface area contributed by atoms with Gasteiger partial charge >= 0.3 is 5.97 Å². The quantitative estimate of drug-likeness (QED) is 0.393. The van der Waals surface area contributed by atoms with Crippen molar-refractivity contribution >= 4 is 33.5 Å². The van der Waals surface area contributed by atoms with Crippen LogP contribution in [0.4, 0.5) is 0 Å². The van der Waals surface area contributed by atoms with Crippen molar-refractivity contribution in [2.45, 2.75) is 33.3 Å². The first-order chi connectivity index (χ1) is 12.7. The number of cyclic esters (lactones) is 1. The van der Waals surface area contributed by atoms with E-state index in [0.717, 1.165) is 10.0 Å². The lowest BCUT2D eigenvalue weighted by atomic mass is 9.64. The van der Waals surface area contributed by atoms with E-state index in [1.807, 2.05) is 30.3 Å². The van der Waals surface area contributed by atoms with E-state index < -0.39 is 22.9 Å². The lowest BCUT2D eigenvalue weighted by Crippen LogP contribution is -2.54. The molecule has 1 fully saturated rings. The van der Waals surface area contributed by atoms with E-state index in [2.05, 4.69) is 15.9 Å². The summed E-state index contributed by atoms with van der Waals surface area (Å²) in [7, 11) is 0. The number of ether oxygens (including phenoxy) is 1. The largest absolute Gasteiger partial charge is 0.456 e. The minimum Gasteiger partial charge on any atom is -0.456 e. The highest BCUT2D eigenvalue weighted by atomic mass is 79.9. The number of halogens is 1. The Bertz CT molecular complexity index is 886. The van der Waals surface area contributed by atoms with Gasteiger partial charge in [-0.3, -0.25) is 14.4 Å². The third-order valence-electron chi connectivity index (χ3n) is 5.20. The van der Waals surface area contributed by atoms with Crippen molar-refractivity contribution in [1.29, 1.82) is 0 Å². The third kappa shape index (κ3) is 3.48. The molecule has 0 aliphatic carbocycles. The maximum atomic E-state index is 13.3. The number of hydrogen-bond donors (Lipinski definition) is 0. The molecular formula is C22H21BrO4. The number of rotatable bonds is 4. The molecule has 2 aromatic rings. The van der Waals surface area contributed by atoms with Crippen LogP contribution in [-0.4, -0.2) is 17.5 Å². The average molecular weight is 429 g/mol. The fourth-order valence-corrected chi connectivity index (χ4v) is 3.90. The summed E-state index contributed by atoms with van der Waals surface area (Å²) in [6, 6.07) is 16.1. The fourth-order valence-electron chi connectivity index (χ4n) is 3.63. The molecule has 140 valence electrons. The van der Waals surface area contributed by atoms with Crippen LogP contribution in [0.25, 0.3) is 0 Å². The molecule has 3 rings (SSSR count). The zero-order chi connectivity index (χ0) is 19.8. The molecule has 0 saturated carbocycles. The second-order valence-electron chi connectivity index (χ2n) is 7.69. The molecular weight excluding hydrogens is 408 g/mol. The van der Waals surface area contributed by atoms with Crippen LogP contribution in [0.15, 0.2) is 59.1 Å². The number of carbonyl (C=O) groups is 3. The molecule has 0 bridgehead atoms. The maximum absolute atomic E-state index is 13.3. The van der Waals surface area contributed by atoms with Crippen LogP contribution in [0.2, 0.25) is 0 Å². The van der Waals surface area contributed by atoms with Gasteiger partial charge in [0.1, 0.15) is 11.5 Å². The molecule has 0 aromatic heterocycles. The Morgan fingerprint density at radius 3 is 2.19 bits per heavy atom. The molecule has 0 spiro atoms. The van der Waals surface area contributed by atoms with Crippen molar-refractivity contribution in [3.8, 4) is 0 Å². The van der Waals surface area contributed by atoms with E-state index in [9.17, 15) is 14.4 Å². The normalized spacial score (nSPS) is 24.4. The number of carbonyl (C=O) groups excluding carboxylic acids is 3. The summed E-state index contributed by atoms with van der Waals surface area (Å²) in [5.41, 5.74) is -1.21. The minimum atomic E-state index is -1.50. The highest BCUT2D eigenvalue weighted by Gasteiger charge is 2.58. The van der Waals surface area contributed by atoms with E-state index in [1.54, 1.807) is 38.1 Å². The average Bonchev–Trinajstić information content (AvgIpc) is 2.65. The predicted molar refractivity (Wildman–Crippen MR) is 105 cm³/mol. The standard InChI is InChI=1S/C22H21BrO4/c1-21(2)18(15-7-5-4-6-8-15)27-20(26)22(3,19(21)25)13-17(24)14-9-11-16(23)12-10-14/h4-12,18H,13H2,1-3H3. The number of esters is 1. The first-order valence-corrected chi connectivity index (χ1v) is 9.55. The van der Waals surface area contributed by atoms with Crippen molar-refractivity contribution in [2.75, 3.05) is 0 Å². The van der Waals surface area contributed by atoms with Gasteiger partial charge in [0.2, 0.25) is 0 Å². The number of hydrogen-bond acceptors (Lipinski definition) is 4. The van der Waals surface area contributed by atoms with E-state index in [0.29, 0.717) is 5.56 Å². The Morgan fingerprint density at radius 2 is 1.59 bits per heavy atom. The lowest BCUT2D eigenvalue weighted by molar-refractivity contribution is -0.187. The Morgan fingerprint density at radius 1 is 1.00 bits per heavy atom. The van der Waals surface area contributed by atoms with Gasteiger partial charge in [0, 0.05) is 16.5 Å². The molecule has 2 aromatic carbocycles. The summed E-state index contributed by atoms with van der Waals surface area (Å²) in [4.78, 5) is 38.8. The van der Waals surface area contributed by atoms with Crippen LogP contribution in [-0.2, 0) is 14.3 Å². The summed E-state index contributed by atoms with van der Waals surface area (Å²) in [5, 5.41) is 0. The minimum absolute atomic E-state index is 0.211. The smallest absolute Gasteiger partial charge is 0.320 e. The van der Waals surface area contributed by atoms with Crippen LogP contribution in [0.5, 0.6) is 0 Å². The monoisotopic (exact) mass is 428 g/mol. The van der Waals surface area contributed by atoms with Crippen LogP contribution in [0, 0.1) is 10.8 Å². The highest BCUT2D eigenvalue weighted by Crippen LogP contribution is 2.49. The van der Waals surface area contributed by atoms with Gasteiger partial charge in [-0.25, -0.2) is 0 Å². The molecule has 4 nitrogen and oxygen atoms in total. The maximum Gasteiger partial charge on any atom is 0.320 e. The molecule has 5 heteroatoms. The van der Waals surface area contributed by atoms with E-state index in [1.165, 1.54) is 6.92 Å². The van der Waals surface area contributed by atoms with Crippen molar-refractivity contribution in [3.63, 3.8) is 0 Å². The summed E-state index contributed by atoms with van der Waals surface area (Å²) >= 11 is 3.33. The number of Topliss-reactive ketones (excluding diaryl/α,β-unsaturated/α-hetero) is 2. The van der Waals surface area contributed by atoms with Crippen LogP contribution in [0.1, 0.15) is 49.2 Å². The zero-order valence-corrected chi connectivity index (χ0v) is 17.1. The lowest BCUT2D eigenvalue weighted by Gasteiger charge is -2.44. The summed E-state index contributed by atoms with van der Waals surface area (Å²) in [6.07, 6.45) is -0.883. The molecule has 2 unspecified atom stereocenters. The molecule has 0 amide bonds. The summed E-state index contributed by atoms with van der Waals surface area (Å²) in [5.74, 6) is -1.18. The van der Waals surface area contributed by atoms with Gasteiger partial charge in [0.25, 0.3) is 0 Å². The van der Waals surface area contributed by atoms with Gasteiger partial charge in [-0.15, -0.1) is 0 Å². The van der Waals surface area contributed by atoms with Crippen LogP contribution < -0.4 is 0 Å². The predicted octanol–water partition coefficient (Wildman–Crippen LogP) is 4.92. The molecule has 2 atom stereocenters. The first kappa shape index (κ1) is 19.5. The topological polar surface area (TPSA) is 60.4 Å². The van der Waals surface area contributed by atoms with Crippen molar-refractivity contribution in [3.05, 3.63) is 70.2 Å². The summed E-state index contributed by atoms with van der Waals surface area (Å²) in [6.45, 7) is 5.04. The van der Waals surface area contributed by atoms with Crippen molar-refractivity contribution in [1.82, 2.24) is 0 Å².